The minimum atomic E-state index is -4.30. The van der Waals surface area contributed by atoms with Crippen LogP contribution in [0.3, 0.4) is 0 Å². The van der Waals surface area contributed by atoms with E-state index in [9.17, 15) is 13.2 Å². The summed E-state index contributed by atoms with van der Waals surface area (Å²) in [6.07, 6.45) is -4.30. The number of thiocarbonyl (C=S) groups is 1. The molecule has 0 spiro atoms. The zero-order valence-electron chi connectivity index (χ0n) is 12.1. The SMILES string of the molecule is CC(C)(C)c1cc(NCC=S)n(CC(F)(F)F)n1.CN. The first-order valence-electron chi connectivity index (χ1n) is 6.04. The van der Waals surface area contributed by atoms with E-state index in [-0.39, 0.29) is 5.41 Å². The summed E-state index contributed by atoms with van der Waals surface area (Å²) in [5.74, 6) is 0.332. The molecule has 20 heavy (non-hydrogen) atoms. The lowest BCUT2D eigenvalue weighted by Gasteiger charge is -2.14. The molecular weight excluding hydrogens is 289 g/mol. The van der Waals surface area contributed by atoms with Gasteiger partial charge in [0.25, 0.3) is 0 Å². The molecule has 0 aromatic carbocycles. The minimum Gasteiger partial charge on any atom is -0.366 e. The summed E-state index contributed by atoms with van der Waals surface area (Å²) in [5.41, 5.74) is 4.81. The van der Waals surface area contributed by atoms with Crippen molar-refractivity contribution in [2.45, 2.75) is 38.9 Å². The molecule has 8 heteroatoms. The predicted octanol–water partition coefficient (Wildman–Crippen LogP) is 2.73. The van der Waals surface area contributed by atoms with E-state index in [1.54, 1.807) is 6.07 Å². The van der Waals surface area contributed by atoms with E-state index in [1.165, 1.54) is 12.4 Å². The molecule has 3 N–H and O–H groups in total. The van der Waals surface area contributed by atoms with Gasteiger partial charge in [0.2, 0.25) is 0 Å². The molecule has 0 radical (unpaired) electrons. The van der Waals surface area contributed by atoms with Crippen LogP contribution in [0.15, 0.2) is 6.07 Å². The number of nitrogens with one attached hydrogen (secondary N) is 1. The Morgan fingerprint density at radius 3 is 2.30 bits per heavy atom. The number of halogens is 3. The maximum atomic E-state index is 12.4. The number of hydrogen-bond acceptors (Lipinski definition) is 4. The summed E-state index contributed by atoms with van der Waals surface area (Å²) >= 11 is 4.64. The van der Waals surface area contributed by atoms with E-state index in [0.717, 1.165) is 4.68 Å². The topological polar surface area (TPSA) is 55.9 Å². The Balaban J connectivity index is 0.00000172. The Labute approximate surface area is 122 Å². The highest BCUT2D eigenvalue weighted by Gasteiger charge is 2.31. The summed E-state index contributed by atoms with van der Waals surface area (Å²) in [5, 5.41) is 8.24. The molecule has 1 rings (SSSR count). The fraction of sp³-hybridized carbons (Fsp3) is 0.667. The molecule has 0 aliphatic heterocycles. The molecule has 1 aromatic rings. The molecule has 0 fully saturated rings. The van der Waals surface area contributed by atoms with Crippen molar-refractivity contribution in [3.8, 4) is 0 Å². The second-order valence-corrected chi connectivity index (χ2v) is 5.32. The van der Waals surface area contributed by atoms with Crippen LogP contribution in [0.4, 0.5) is 19.0 Å². The first-order chi connectivity index (χ1) is 9.13. The summed E-state index contributed by atoms with van der Waals surface area (Å²) in [4.78, 5) is 0. The van der Waals surface area contributed by atoms with Crippen LogP contribution in [0.2, 0.25) is 0 Å². The van der Waals surface area contributed by atoms with Crippen LogP contribution in [0, 0.1) is 0 Å². The van der Waals surface area contributed by atoms with Crippen molar-refractivity contribution in [2.75, 3.05) is 18.9 Å². The van der Waals surface area contributed by atoms with Gasteiger partial charge in [-0.1, -0.05) is 33.0 Å². The largest absolute Gasteiger partial charge is 0.408 e. The molecule has 0 amide bonds. The van der Waals surface area contributed by atoms with Crippen molar-refractivity contribution in [1.82, 2.24) is 9.78 Å². The van der Waals surface area contributed by atoms with Gasteiger partial charge in [-0.25, -0.2) is 4.68 Å². The molecular formula is C12H21F3N4S. The monoisotopic (exact) mass is 310 g/mol. The van der Waals surface area contributed by atoms with E-state index < -0.39 is 12.7 Å². The third-order valence-electron chi connectivity index (χ3n) is 2.24. The highest BCUT2D eigenvalue weighted by molar-refractivity contribution is 7.79. The van der Waals surface area contributed by atoms with Crippen LogP contribution in [0.1, 0.15) is 26.5 Å². The lowest BCUT2D eigenvalue weighted by atomic mass is 9.92. The fourth-order valence-electron chi connectivity index (χ4n) is 1.36. The highest BCUT2D eigenvalue weighted by atomic mass is 32.1. The van der Waals surface area contributed by atoms with E-state index >= 15 is 0 Å². The first-order valence-corrected chi connectivity index (χ1v) is 6.51. The second-order valence-electron chi connectivity index (χ2n) is 4.99. The van der Waals surface area contributed by atoms with Gasteiger partial charge in [-0.15, -0.1) is 0 Å². The summed E-state index contributed by atoms with van der Waals surface area (Å²) < 4.78 is 38.2. The zero-order chi connectivity index (χ0) is 16.0. The summed E-state index contributed by atoms with van der Waals surface area (Å²) in [6, 6.07) is 1.63. The molecule has 1 aromatic heterocycles. The van der Waals surface area contributed by atoms with E-state index in [1.807, 2.05) is 20.8 Å². The average Bonchev–Trinajstić information content (AvgIpc) is 2.69. The van der Waals surface area contributed by atoms with E-state index in [4.69, 9.17) is 0 Å². The summed E-state index contributed by atoms with van der Waals surface area (Å²) in [6.45, 7) is 4.91. The van der Waals surface area contributed by atoms with Crippen molar-refractivity contribution in [2.24, 2.45) is 5.73 Å². The van der Waals surface area contributed by atoms with Gasteiger partial charge in [-0.3, -0.25) is 0 Å². The van der Waals surface area contributed by atoms with Crippen LogP contribution in [-0.4, -0.2) is 34.9 Å². The van der Waals surface area contributed by atoms with Gasteiger partial charge >= 0.3 is 6.18 Å². The van der Waals surface area contributed by atoms with Gasteiger partial charge < -0.3 is 11.1 Å². The van der Waals surface area contributed by atoms with Crippen LogP contribution < -0.4 is 11.1 Å². The van der Waals surface area contributed by atoms with Gasteiger partial charge in [0, 0.05) is 18.0 Å². The summed E-state index contributed by atoms with van der Waals surface area (Å²) in [7, 11) is 1.50. The Kier molecular flexibility index (Phi) is 7.15. The molecule has 0 unspecified atom stereocenters. The molecule has 0 aliphatic rings. The van der Waals surface area contributed by atoms with E-state index in [2.05, 4.69) is 28.4 Å². The third-order valence-corrected chi connectivity index (χ3v) is 2.41. The first kappa shape index (κ1) is 18.9. The van der Waals surface area contributed by atoms with Gasteiger partial charge in [-0.05, 0) is 12.4 Å². The van der Waals surface area contributed by atoms with Crippen molar-refractivity contribution in [1.29, 1.82) is 0 Å². The average molecular weight is 310 g/mol. The third kappa shape index (κ3) is 6.33. The standard InChI is InChI=1S/C11H16F3N3S.CH5N/c1-10(2,3)8-6-9(15-4-5-18)17(16-8)7-11(12,13)14;1-2/h5-6,15H,4,7H2,1-3H3;2H2,1H3. The number of nitrogens with two attached hydrogens (primary N) is 1. The Hall–Kier alpha value is -1.15. The van der Waals surface area contributed by atoms with Gasteiger partial charge in [-0.2, -0.15) is 18.3 Å². The minimum absolute atomic E-state index is 0.301. The van der Waals surface area contributed by atoms with Gasteiger partial charge in [0.15, 0.2) is 0 Å². The fourth-order valence-corrected chi connectivity index (χ4v) is 1.45. The maximum Gasteiger partial charge on any atom is 0.408 e. The number of hydrogen-bond donors (Lipinski definition) is 2. The van der Waals surface area contributed by atoms with Crippen molar-refractivity contribution in [3.05, 3.63) is 11.8 Å². The van der Waals surface area contributed by atoms with Crippen molar-refractivity contribution < 1.29 is 13.2 Å². The molecule has 0 bridgehead atoms. The molecule has 116 valence electrons. The van der Waals surface area contributed by atoms with Crippen LogP contribution in [0.5, 0.6) is 0 Å². The lowest BCUT2D eigenvalue weighted by Crippen LogP contribution is -2.21. The Morgan fingerprint density at radius 2 is 1.90 bits per heavy atom. The smallest absolute Gasteiger partial charge is 0.366 e. The number of rotatable bonds is 4. The van der Waals surface area contributed by atoms with Crippen molar-refractivity contribution >= 4 is 23.4 Å². The predicted molar refractivity (Wildman–Crippen MR) is 79.2 cm³/mol. The number of anilines is 1. The second kappa shape index (κ2) is 7.58. The molecule has 1 heterocycles. The Morgan fingerprint density at radius 1 is 1.35 bits per heavy atom. The molecule has 4 nitrogen and oxygen atoms in total. The van der Waals surface area contributed by atoms with E-state index in [0.29, 0.717) is 18.1 Å². The normalized spacial score (nSPS) is 11.6. The molecule has 0 saturated carbocycles. The quantitative estimate of drug-likeness (QED) is 0.840. The maximum absolute atomic E-state index is 12.4. The number of alkyl halides is 3. The molecule has 0 saturated heterocycles. The van der Waals surface area contributed by atoms with Crippen molar-refractivity contribution in [3.63, 3.8) is 0 Å². The van der Waals surface area contributed by atoms with Crippen LogP contribution >= 0.6 is 12.2 Å². The van der Waals surface area contributed by atoms with Gasteiger partial charge in [0.1, 0.15) is 12.4 Å². The lowest BCUT2D eigenvalue weighted by molar-refractivity contribution is -0.142. The molecule has 0 atom stereocenters. The number of aromatic nitrogens is 2. The number of nitrogens with zero attached hydrogens (tertiary/aromatic N) is 2. The van der Waals surface area contributed by atoms with Gasteiger partial charge in [0.05, 0.1) is 5.69 Å². The highest BCUT2D eigenvalue weighted by Crippen LogP contribution is 2.26. The Bertz CT molecular complexity index is 421. The zero-order valence-corrected chi connectivity index (χ0v) is 12.9. The van der Waals surface area contributed by atoms with Crippen LogP contribution in [-0.2, 0) is 12.0 Å². The molecule has 0 aliphatic carbocycles. The van der Waals surface area contributed by atoms with Crippen LogP contribution in [0.25, 0.3) is 0 Å².